The number of nitrogens with zero attached hydrogens (tertiary/aromatic N) is 2. The van der Waals surface area contributed by atoms with Gasteiger partial charge in [0.1, 0.15) is 11.6 Å². The number of rotatable bonds is 3. The second-order valence-corrected chi connectivity index (χ2v) is 8.22. The SMILES string of the molecule is COc1ccc(C(=O)N2C[C@@H](C)N(C(=O)c3ccc4cc(C)[nH]c4c3)[C@H](C)C2)c(F)c1. The van der Waals surface area contributed by atoms with E-state index < -0.39 is 5.82 Å². The van der Waals surface area contributed by atoms with Crippen molar-refractivity contribution in [3.05, 3.63) is 65.1 Å². The number of amides is 2. The summed E-state index contributed by atoms with van der Waals surface area (Å²) in [6, 6.07) is 11.5. The molecule has 2 atom stereocenters. The molecule has 1 aromatic heterocycles. The highest BCUT2D eigenvalue weighted by molar-refractivity contribution is 5.99. The maximum atomic E-state index is 14.4. The summed E-state index contributed by atoms with van der Waals surface area (Å²) in [4.78, 5) is 32.9. The number of aromatic amines is 1. The number of nitrogens with one attached hydrogen (secondary N) is 1. The van der Waals surface area contributed by atoms with Gasteiger partial charge < -0.3 is 19.5 Å². The number of hydrogen-bond donors (Lipinski definition) is 1. The van der Waals surface area contributed by atoms with E-state index in [1.165, 1.54) is 19.2 Å². The van der Waals surface area contributed by atoms with Gasteiger partial charge in [0.25, 0.3) is 11.8 Å². The number of hydrogen-bond acceptors (Lipinski definition) is 3. The minimum atomic E-state index is -0.613. The van der Waals surface area contributed by atoms with Crippen LogP contribution in [0.2, 0.25) is 0 Å². The van der Waals surface area contributed by atoms with Crippen molar-refractivity contribution in [1.29, 1.82) is 0 Å². The van der Waals surface area contributed by atoms with Crippen molar-refractivity contribution >= 4 is 22.7 Å². The minimum absolute atomic E-state index is 0.00698. The molecule has 2 heterocycles. The highest BCUT2D eigenvalue weighted by Crippen LogP contribution is 2.24. The molecule has 0 spiro atoms. The zero-order valence-electron chi connectivity index (χ0n) is 18.1. The highest BCUT2D eigenvalue weighted by atomic mass is 19.1. The van der Waals surface area contributed by atoms with Crippen LogP contribution in [0.15, 0.2) is 42.5 Å². The molecule has 1 N–H and O–H groups in total. The first-order valence-corrected chi connectivity index (χ1v) is 10.3. The quantitative estimate of drug-likeness (QED) is 0.693. The Morgan fingerprint density at radius 1 is 1.03 bits per heavy atom. The van der Waals surface area contributed by atoms with Crippen molar-refractivity contribution in [1.82, 2.24) is 14.8 Å². The molecule has 0 radical (unpaired) electrons. The van der Waals surface area contributed by atoms with Crippen LogP contribution in [-0.2, 0) is 0 Å². The minimum Gasteiger partial charge on any atom is -0.497 e. The van der Waals surface area contributed by atoms with Gasteiger partial charge in [0.2, 0.25) is 0 Å². The molecule has 2 amide bonds. The van der Waals surface area contributed by atoms with Crippen LogP contribution in [0.25, 0.3) is 10.9 Å². The second-order valence-electron chi connectivity index (χ2n) is 8.22. The number of benzene rings is 2. The van der Waals surface area contributed by atoms with E-state index in [9.17, 15) is 14.0 Å². The fourth-order valence-corrected chi connectivity index (χ4v) is 4.41. The number of aromatic nitrogens is 1. The number of H-pyrrole nitrogens is 1. The van der Waals surface area contributed by atoms with Gasteiger partial charge in [0.05, 0.1) is 12.7 Å². The predicted octanol–water partition coefficient (Wildman–Crippen LogP) is 4.00. The molecule has 1 fully saturated rings. The maximum Gasteiger partial charge on any atom is 0.256 e. The summed E-state index contributed by atoms with van der Waals surface area (Å²) in [6.07, 6.45) is 0. The topological polar surface area (TPSA) is 65.6 Å². The lowest BCUT2D eigenvalue weighted by atomic mass is 10.0. The van der Waals surface area contributed by atoms with Gasteiger partial charge in [-0.3, -0.25) is 9.59 Å². The molecule has 0 aliphatic carbocycles. The molecule has 3 aromatic rings. The van der Waals surface area contributed by atoms with Crippen molar-refractivity contribution in [2.75, 3.05) is 20.2 Å². The third-order valence-corrected chi connectivity index (χ3v) is 5.85. The summed E-state index contributed by atoms with van der Waals surface area (Å²) in [5.41, 5.74) is 2.58. The van der Waals surface area contributed by atoms with Gasteiger partial charge in [-0.15, -0.1) is 0 Å². The molecule has 1 saturated heterocycles. The van der Waals surface area contributed by atoms with Crippen molar-refractivity contribution in [3.63, 3.8) is 0 Å². The summed E-state index contributed by atoms with van der Waals surface area (Å²) >= 11 is 0. The van der Waals surface area contributed by atoms with Crippen LogP contribution in [0.4, 0.5) is 4.39 Å². The Kier molecular flexibility index (Phi) is 5.43. The molecular weight excluding hydrogens is 397 g/mol. The van der Waals surface area contributed by atoms with Crippen LogP contribution in [0.1, 0.15) is 40.3 Å². The van der Waals surface area contributed by atoms with Crippen LogP contribution < -0.4 is 4.74 Å². The van der Waals surface area contributed by atoms with E-state index in [1.54, 1.807) is 11.0 Å². The number of fused-ring (bicyclic) bond motifs is 1. The molecule has 0 saturated carbocycles. The van der Waals surface area contributed by atoms with E-state index in [1.807, 2.05) is 49.9 Å². The van der Waals surface area contributed by atoms with Crippen LogP contribution in [0.5, 0.6) is 5.75 Å². The average Bonchev–Trinajstić information content (AvgIpc) is 3.11. The molecule has 0 unspecified atom stereocenters. The van der Waals surface area contributed by atoms with Crippen molar-refractivity contribution in [2.24, 2.45) is 0 Å². The van der Waals surface area contributed by atoms with Crippen molar-refractivity contribution < 1.29 is 18.7 Å². The van der Waals surface area contributed by atoms with E-state index in [-0.39, 0.29) is 29.5 Å². The van der Waals surface area contributed by atoms with Gasteiger partial charge in [-0.2, -0.15) is 0 Å². The fraction of sp³-hybridized carbons (Fsp3) is 0.333. The molecule has 1 aliphatic heterocycles. The number of carbonyl (C=O) groups is 2. The van der Waals surface area contributed by atoms with Gasteiger partial charge in [0.15, 0.2) is 0 Å². The lowest BCUT2D eigenvalue weighted by Gasteiger charge is -2.44. The summed E-state index contributed by atoms with van der Waals surface area (Å²) < 4.78 is 19.4. The second kappa shape index (κ2) is 8.06. The number of methoxy groups -OCH3 is 1. The number of ether oxygens (including phenoxy) is 1. The molecule has 0 bridgehead atoms. The first-order chi connectivity index (χ1) is 14.8. The first kappa shape index (κ1) is 20.9. The number of piperazine rings is 1. The van der Waals surface area contributed by atoms with Gasteiger partial charge in [-0.1, -0.05) is 6.07 Å². The molecule has 162 valence electrons. The molecule has 7 heteroatoms. The van der Waals surface area contributed by atoms with Crippen LogP contribution >= 0.6 is 0 Å². The predicted molar refractivity (Wildman–Crippen MR) is 117 cm³/mol. The third-order valence-electron chi connectivity index (χ3n) is 5.85. The Balaban J connectivity index is 1.53. The van der Waals surface area contributed by atoms with E-state index >= 15 is 0 Å². The lowest BCUT2D eigenvalue weighted by Crippen LogP contribution is -2.59. The van der Waals surface area contributed by atoms with E-state index in [0.29, 0.717) is 24.4 Å². The Morgan fingerprint density at radius 2 is 1.74 bits per heavy atom. The molecule has 31 heavy (non-hydrogen) atoms. The van der Waals surface area contributed by atoms with Gasteiger partial charge in [0, 0.05) is 48.0 Å². The lowest BCUT2D eigenvalue weighted by molar-refractivity contribution is 0.0252. The smallest absolute Gasteiger partial charge is 0.256 e. The third kappa shape index (κ3) is 3.87. The Hall–Kier alpha value is -3.35. The van der Waals surface area contributed by atoms with Crippen LogP contribution in [0.3, 0.4) is 0 Å². The largest absolute Gasteiger partial charge is 0.497 e. The van der Waals surface area contributed by atoms with Crippen LogP contribution in [0, 0.1) is 12.7 Å². The summed E-state index contributed by atoms with van der Waals surface area (Å²) in [7, 11) is 1.45. The number of halogens is 1. The van der Waals surface area contributed by atoms with Gasteiger partial charge in [-0.25, -0.2) is 4.39 Å². The molecule has 4 rings (SSSR count). The molecule has 6 nitrogen and oxygen atoms in total. The van der Waals surface area contributed by atoms with E-state index in [4.69, 9.17) is 4.74 Å². The average molecular weight is 423 g/mol. The Labute approximate surface area is 180 Å². The summed E-state index contributed by atoms with van der Waals surface area (Å²) in [6.45, 7) is 6.48. The Bertz CT molecular complexity index is 1140. The van der Waals surface area contributed by atoms with Crippen molar-refractivity contribution in [2.45, 2.75) is 32.9 Å². The van der Waals surface area contributed by atoms with Gasteiger partial charge in [-0.05, 0) is 56.5 Å². The molecule has 2 aromatic carbocycles. The Morgan fingerprint density at radius 3 is 2.39 bits per heavy atom. The van der Waals surface area contributed by atoms with Gasteiger partial charge >= 0.3 is 0 Å². The number of carbonyl (C=O) groups excluding carboxylic acids is 2. The summed E-state index contributed by atoms with van der Waals surface area (Å²) in [5.74, 6) is -0.704. The highest BCUT2D eigenvalue weighted by Gasteiger charge is 2.36. The molecular formula is C24H26FN3O3. The summed E-state index contributed by atoms with van der Waals surface area (Å²) in [5, 5.41) is 1.06. The van der Waals surface area contributed by atoms with Crippen molar-refractivity contribution in [3.8, 4) is 5.75 Å². The zero-order valence-corrected chi connectivity index (χ0v) is 18.1. The normalized spacial score (nSPS) is 19.0. The first-order valence-electron chi connectivity index (χ1n) is 10.3. The van der Waals surface area contributed by atoms with E-state index in [0.717, 1.165) is 16.6 Å². The molecule has 1 aliphatic rings. The monoisotopic (exact) mass is 423 g/mol. The van der Waals surface area contributed by atoms with Crippen LogP contribution in [-0.4, -0.2) is 58.9 Å². The zero-order chi connectivity index (χ0) is 22.3. The van der Waals surface area contributed by atoms with E-state index in [2.05, 4.69) is 4.98 Å². The number of aryl methyl sites for hydroxylation is 1. The fourth-order valence-electron chi connectivity index (χ4n) is 4.41. The maximum absolute atomic E-state index is 14.4. The standard InChI is InChI=1S/C24H26FN3O3/c1-14-9-17-5-6-18(10-22(17)26-14)23(29)28-15(2)12-27(13-16(28)3)24(30)20-8-7-19(31-4)11-21(20)25/h5-11,15-16,26H,12-13H2,1-4H3/t15-,16-/m1/s1.